The summed E-state index contributed by atoms with van der Waals surface area (Å²) in [5.41, 5.74) is 2.62. The molecule has 0 aromatic heterocycles. The highest BCUT2D eigenvalue weighted by atomic mass is 14.1. The molecule has 3 rings (SSSR count). The summed E-state index contributed by atoms with van der Waals surface area (Å²) >= 11 is 0. The van der Waals surface area contributed by atoms with Crippen LogP contribution in [0, 0.1) is 6.07 Å². The fourth-order valence-corrected chi connectivity index (χ4v) is 1.79. The van der Waals surface area contributed by atoms with E-state index >= 15 is 0 Å². The SMILES string of the molecule is [H+].[c]1cc2c3c(cccc3c1)C=C2. The van der Waals surface area contributed by atoms with E-state index in [4.69, 9.17) is 0 Å². The molecule has 0 unspecified atom stereocenters. The Kier molecular flexibility index (Phi) is 0.991. The molecule has 2 aromatic carbocycles. The molecule has 1 aliphatic rings. The van der Waals surface area contributed by atoms with Crippen LogP contribution in [0.4, 0.5) is 0 Å². The lowest BCUT2D eigenvalue weighted by Crippen LogP contribution is -1.76. The number of hydrogen-bond acceptors (Lipinski definition) is 0. The first kappa shape index (κ1) is 6.01. The summed E-state index contributed by atoms with van der Waals surface area (Å²) in [4.78, 5) is 0. The van der Waals surface area contributed by atoms with Crippen molar-refractivity contribution in [3.05, 3.63) is 47.5 Å². The summed E-state index contributed by atoms with van der Waals surface area (Å²) < 4.78 is 0. The van der Waals surface area contributed by atoms with Crippen LogP contribution < -0.4 is 0 Å². The lowest BCUT2D eigenvalue weighted by molar-refractivity contribution is 1.71. The van der Waals surface area contributed by atoms with Crippen LogP contribution in [0.5, 0.6) is 0 Å². The van der Waals surface area contributed by atoms with Gasteiger partial charge in [0.15, 0.2) is 0 Å². The highest BCUT2D eigenvalue weighted by Crippen LogP contribution is 2.30. The Balaban J connectivity index is 0.000000653. The zero-order valence-corrected chi connectivity index (χ0v) is 6.54. The molecule has 0 N–H and O–H groups in total. The van der Waals surface area contributed by atoms with Crippen LogP contribution in [0.25, 0.3) is 22.9 Å². The topological polar surface area (TPSA) is 0 Å². The maximum absolute atomic E-state index is 3.14. The van der Waals surface area contributed by atoms with Gasteiger partial charge in [-0.2, -0.15) is 0 Å². The van der Waals surface area contributed by atoms with Gasteiger partial charge < -0.3 is 0 Å². The molecule has 0 saturated carbocycles. The van der Waals surface area contributed by atoms with E-state index in [1.807, 2.05) is 12.1 Å². The molecule has 0 spiro atoms. The third-order valence-electron chi connectivity index (χ3n) is 2.34. The van der Waals surface area contributed by atoms with Crippen molar-refractivity contribution in [1.82, 2.24) is 0 Å². The third kappa shape index (κ3) is 0.620. The first-order valence-electron chi connectivity index (χ1n) is 4.06. The molecule has 0 atom stereocenters. The van der Waals surface area contributed by atoms with Gasteiger partial charge >= 0.3 is 1.43 Å². The molecule has 0 saturated heterocycles. The Morgan fingerprint density at radius 1 is 1.00 bits per heavy atom. The Labute approximate surface area is 72.6 Å². The van der Waals surface area contributed by atoms with E-state index in [9.17, 15) is 0 Å². The van der Waals surface area contributed by atoms with Crippen molar-refractivity contribution in [2.24, 2.45) is 0 Å². The van der Waals surface area contributed by atoms with Crippen molar-refractivity contribution in [3.8, 4) is 0 Å². The standard InChI is InChI=1S/C12H7/c1-3-9-4-2-6-11-8-7-10(5-1)12(9)11/h1,3-8H/p+1. The van der Waals surface area contributed by atoms with Crippen LogP contribution in [0.1, 0.15) is 12.6 Å². The van der Waals surface area contributed by atoms with Gasteiger partial charge in [0.1, 0.15) is 0 Å². The quantitative estimate of drug-likeness (QED) is 0.464. The normalized spacial score (nSPS) is 12.7. The summed E-state index contributed by atoms with van der Waals surface area (Å²) in [5.74, 6) is 0. The maximum Gasteiger partial charge on any atom is 1.00 e. The Morgan fingerprint density at radius 3 is 2.92 bits per heavy atom. The molecule has 0 nitrogen and oxygen atoms in total. The molecule has 0 bridgehead atoms. The fourth-order valence-electron chi connectivity index (χ4n) is 1.79. The molecule has 0 heterocycles. The molecule has 0 aliphatic heterocycles. The molecule has 12 heavy (non-hydrogen) atoms. The first-order valence-corrected chi connectivity index (χ1v) is 4.06. The average Bonchev–Trinajstić information content (AvgIpc) is 2.52. The van der Waals surface area contributed by atoms with E-state index in [1.54, 1.807) is 0 Å². The zero-order chi connectivity index (χ0) is 7.97. The zero-order valence-electron chi connectivity index (χ0n) is 7.54. The predicted octanol–water partition coefficient (Wildman–Crippen LogP) is 3.24. The summed E-state index contributed by atoms with van der Waals surface area (Å²) in [6, 6.07) is 13.6. The van der Waals surface area contributed by atoms with Gasteiger partial charge in [-0.15, -0.1) is 0 Å². The Bertz CT molecular complexity index is 443. The van der Waals surface area contributed by atoms with Crippen molar-refractivity contribution in [3.63, 3.8) is 0 Å². The van der Waals surface area contributed by atoms with Gasteiger partial charge in [-0.05, 0) is 40.1 Å². The highest BCUT2D eigenvalue weighted by molar-refractivity contribution is 6.04. The van der Waals surface area contributed by atoms with Crippen molar-refractivity contribution < 1.29 is 1.43 Å². The second-order valence-electron chi connectivity index (χ2n) is 3.06. The van der Waals surface area contributed by atoms with E-state index in [-0.39, 0.29) is 1.43 Å². The largest absolute Gasteiger partial charge is 1.00 e. The van der Waals surface area contributed by atoms with Crippen LogP contribution in [0.3, 0.4) is 0 Å². The van der Waals surface area contributed by atoms with Crippen LogP contribution in [0.15, 0.2) is 30.3 Å². The van der Waals surface area contributed by atoms with E-state index in [2.05, 4.69) is 36.4 Å². The van der Waals surface area contributed by atoms with Gasteiger partial charge in [0.2, 0.25) is 0 Å². The summed E-state index contributed by atoms with van der Waals surface area (Å²) in [6.07, 6.45) is 4.31. The predicted molar refractivity (Wildman–Crippen MR) is 52.8 cm³/mol. The van der Waals surface area contributed by atoms with Gasteiger partial charge in [-0.25, -0.2) is 0 Å². The van der Waals surface area contributed by atoms with Crippen molar-refractivity contribution in [2.75, 3.05) is 0 Å². The second kappa shape index (κ2) is 1.98. The Hall–Kier alpha value is -1.56. The van der Waals surface area contributed by atoms with Crippen LogP contribution in [-0.4, -0.2) is 0 Å². The molecule has 0 heteroatoms. The van der Waals surface area contributed by atoms with Gasteiger partial charge in [-0.1, -0.05) is 30.4 Å². The number of rotatable bonds is 0. The Morgan fingerprint density at radius 2 is 1.92 bits per heavy atom. The first-order chi connectivity index (χ1) is 5.95. The summed E-state index contributed by atoms with van der Waals surface area (Å²) in [5, 5.41) is 2.66. The second-order valence-corrected chi connectivity index (χ2v) is 3.06. The number of hydrogen-bond donors (Lipinski definition) is 0. The molecule has 1 radical (unpaired) electrons. The van der Waals surface area contributed by atoms with E-state index < -0.39 is 0 Å². The van der Waals surface area contributed by atoms with Crippen molar-refractivity contribution in [1.29, 1.82) is 0 Å². The van der Waals surface area contributed by atoms with Crippen LogP contribution >= 0.6 is 0 Å². The van der Waals surface area contributed by atoms with Gasteiger partial charge in [-0.3, -0.25) is 0 Å². The van der Waals surface area contributed by atoms with Crippen molar-refractivity contribution in [2.45, 2.75) is 0 Å². The average molecular weight is 152 g/mol. The number of benzene rings is 2. The van der Waals surface area contributed by atoms with Gasteiger partial charge in [0.05, 0.1) is 0 Å². The monoisotopic (exact) mass is 152 g/mol. The lowest BCUT2D eigenvalue weighted by Gasteiger charge is -1.99. The molecule has 0 fully saturated rings. The van der Waals surface area contributed by atoms with Gasteiger partial charge in [0.25, 0.3) is 0 Å². The smallest absolute Gasteiger partial charge is 0.0610 e. The van der Waals surface area contributed by atoms with Crippen LogP contribution in [-0.2, 0) is 0 Å². The minimum absolute atomic E-state index is 0. The summed E-state index contributed by atoms with van der Waals surface area (Å²) in [7, 11) is 0. The summed E-state index contributed by atoms with van der Waals surface area (Å²) in [6.45, 7) is 0. The highest BCUT2D eigenvalue weighted by Gasteiger charge is 2.06. The van der Waals surface area contributed by atoms with E-state index in [0.29, 0.717) is 0 Å². The van der Waals surface area contributed by atoms with E-state index in [1.165, 1.54) is 21.9 Å². The molecular weight excluding hydrogens is 144 g/mol. The van der Waals surface area contributed by atoms with E-state index in [0.717, 1.165) is 0 Å². The van der Waals surface area contributed by atoms with Crippen molar-refractivity contribution >= 4 is 22.9 Å². The lowest BCUT2D eigenvalue weighted by atomic mass is 10.0. The fraction of sp³-hybridized carbons (Fsp3) is 0. The molecule has 55 valence electrons. The minimum Gasteiger partial charge on any atom is -0.0610 e. The van der Waals surface area contributed by atoms with Gasteiger partial charge in [0, 0.05) is 0 Å². The van der Waals surface area contributed by atoms with Crippen LogP contribution in [0.2, 0.25) is 0 Å². The minimum atomic E-state index is 0. The molecule has 2 aromatic rings. The molecule has 1 aliphatic carbocycles. The molecular formula is C12H8+. The maximum atomic E-state index is 3.14. The molecule has 0 amide bonds. The third-order valence-corrected chi connectivity index (χ3v) is 2.34.